The van der Waals surface area contributed by atoms with Crippen molar-refractivity contribution in [1.29, 1.82) is 0 Å². The molecule has 1 amide bonds. The van der Waals surface area contributed by atoms with E-state index in [4.69, 9.17) is 0 Å². The van der Waals surface area contributed by atoms with Crippen molar-refractivity contribution in [3.05, 3.63) is 41.7 Å². The zero-order valence-electron chi connectivity index (χ0n) is 11.5. The largest absolute Gasteiger partial charge is 0.481 e. The summed E-state index contributed by atoms with van der Waals surface area (Å²) >= 11 is 0. The third-order valence-electron chi connectivity index (χ3n) is 4.49. The Hall–Kier alpha value is -2.17. The van der Waals surface area contributed by atoms with Gasteiger partial charge >= 0.3 is 5.97 Å². The molecular weight excluding hydrogens is 273 g/mol. The van der Waals surface area contributed by atoms with E-state index in [1.165, 1.54) is 18.2 Å². The van der Waals surface area contributed by atoms with Crippen LogP contribution in [0, 0.1) is 36.4 Å². The topological polar surface area (TPSA) is 66.4 Å². The van der Waals surface area contributed by atoms with E-state index >= 15 is 0 Å². The van der Waals surface area contributed by atoms with Gasteiger partial charge in [-0.2, -0.15) is 0 Å². The minimum absolute atomic E-state index is 0.0168. The number of amides is 1. The maximum atomic E-state index is 13.1. The molecule has 110 valence electrons. The van der Waals surface area contributed by atoms with E-state index in [0.717, 1.165) is 6.42 Å². The number of aryl methyl sites for hydroxylation is 1. The zero-order valence-corrected chi connectivity index (χ0v) is 11.5. The molecule has 0 aliphatic heterocycles. The molecule has 5 heteroatoms. The molecule has 21 heavy (non-hydrogen) atoms. The Labute approximate surface area is 121 Å². The quantitative estimate of drug-likeness (QED) is 0.841. The Morgan fingerprint density at radius 1 is 1.24 bits per heavy atom. The zero-order chi connectivity index (χ0) is 15.1. The number of hydrogen-bond donors (Lipinski definition) is 2. The summed E-state index contributed by atoms with van der Waals surface area (Å²) in [6.45, 7) is 1.70. The highest BCUT2D eigenvalue weighted by atomic mass is 19.1. The van der Waals surface area contributed by atoms with Gasteiger partial charge in [-0.25, -0.2) is 4.39 Å². The maximum absolute atomic E-state index is 13.1. The Balaban J connectivity index is 1.82. The monoisotopic (exact) mass is 289 g/mol. The van der Waals surface area contributed by atoms with E-state index in [1.54, 1.807) is 6.92 Å². The van der Waals surface area contributed by atoms with E-state index in [1.807, 2.05) is 12.2 Å². The molecule has 2 aliphatic rings. The van der Waals surface area contributed by atoms with Gasteiger partial charge in [0.2, 0.25) is 5.91 Å². The molecule has 3 rings (SSSR count). The van der Waals surface area contributed by atoms with Crippen molar-refractivity contribution >= 4 is 17.6 Å². The van der Waals surface area contributed by atoms with Crippen LogP contribution < -0.4 is 5.32 Å². The van der Waals surface area contributed by atoms with E-state index < -0.39 is 17.8 Å². The van der Waals surface area contributed by atoms with Crippen molar-refractivity contribution in [2.45, 2.75) is 13.3 Å². The smallest absolute Gasteiger partial charge is 0.307 e. The summed E-state index contributed by atoms with van der Waals surface area (Å²) in [5.41, 5.74) is 1.14. The molecule has 1 aromatic carbocycles. The fourth-order valence-corrected chi connectivity index (χ4v) is 3.50. The van der Waals surface area contributed by atoms with Crippen LogP contribution in [-0.2, 0) is 9.59 Å². The first-order chi connectivity index (χ1) is 9.97. The Morgan fingerprint density at radius 2 is 1.90 bits per heavy atom. The van der Waals surface area contributed by atoms with E-state index in [-0.39, 0.29) is 23.6 Å². The number of aliphatic carboxylic acids is 1. The first-order valence-corrected chi connectivity index (χ1v) is 6.95. The van der Waals surface area contributed by atoms with Crippen molar-refractivity contribution in [1.82, 2.24) is 0 Å². The van der Waals surface area contributed by atoms with Crippen LogP contribution in [0.15, 0.2) is 30.4 Å². The van der Waals surface area contributed by atoms with Crippen molar-refractivity contribution in [2.75, 3.05) is 5.32 Å². The minimum atomic E-state index is -0.928. The molecule has 0 radical (unpaired) electrons. The Bertz CT molecular complexity index is 640. The summed E-state index contributed by atoms with van der Waals surface area (Å²) in [7, 11) is 0. The average molecular weight is 289 g/mol. The number of benzene rings is 1. The summed E-state index contributed by atoms with van der Waals surface area (Å²) in [4.78, 5) is 23.9. The summed E-state index contributed by atoms with van der Waals surface area (Å²) in [6, 6.07) is 4.12. The van der Waals surface area contributed by atoms with Crippen LogP contribution in [0.1, 0.15) is 12.0 Å². The number of fused-ring (bicyclic) bond motifs is 2. The maximum Gasteiger partial charge on any atom is 0.307 e. The molecule has 2 aliphatic carbocycles. The van der Waals surface area contributed by atoms with Gasteiger partial charge < -0.3 is 10.4 Å². The lowest BCUT2D eigenvalue weighted by Gasteiger charge is -2.24. The number of allylic oxidation sites excluding steroid dienone is 2. The lowest BCUT2D eigenvalue weighted by molar-refractivity contribution is -0.146. The van der Waals surface area contributed by atoms with Gasteiger partial charge in [0.25, 0.3) is 0 Å². The van der Waals surface area contributed by atoms with Crippen molar-refractivity contribution in [3.63, 3.8) is 0 Å². The second kappa shape index (κ2) is 4.98. The highest BCUT2D eigenvalue weighted by molar-refractivity contribution is 5.96. The summed E-state index contributed by atoms with van der Waals surface area (Å²) in [6.07, 6.45) is 4.56. The number of carboxylic acids is 1. The molecule has 0 spiro atoms. The number of rotatable bonds is 3. The van der Waals surface area contributed by atoms with Gasteiger partial charge in [0.15, 0.2) is 0 Å². The predicted molar refractivity (Wildman–Crippen MR) is 75.1 cm³/mol. The van der Waals surface area contributed by atoms with Crippen LogP contribution >= 0.6 is 0 Å². The van der Waals surface area contributed by atoms with Gasteiger partial charge in [-0.3, -0.25) is 9.59 Å². The van der Waals surface area contributed by atoms with Crippen LogP contribution in [0.3, 0.4) is 0 Å². The highest BCUT2D eigenvalue weighted by Gasteiger charge is 2.51. The average Bonchev–Trinajstić information content (AvgIpc) is 3.02. The predicted octanol–water partition coefficient (Wildman–Crippen LogP) is 2.60. The fraction of sp³-hybridized carbons (Fsp3) is 0.375. The van der Waals surface area contributed by atoms with Gasteiger partial charge in [0, 0.05) is 5.69 Å². The Morgan fingerprint density at radius 3 is 2.52 bits per heavy atom. The second-order valence-electron chi connectivity index (χ2n) is 5.79. The number of carbonyl (C=O) groups is 2. The van der Waals surface area contributed by atoms with Crippen molar-refractivity contribution in [2.24, 2.45) is 23.7 Å². The standard InChI is InChI=1S/C16H16FNO3/c1-8-6-11(17)4-5-12(8)18-15(19)13-9-2-3-10(7-9)14(13)16(20)21/h2-6,9-10,13-14H,7H2,1H3,(H,18,19)(H,20,21)/t9-,10-,13-,14-/m0/s1. The molecule has 1 aromatic rings. The highest BCUT2D eigenvalue weighted by Crippen LogP contribution is 2.48. The number of carbonyl (C=O) groups excluding carboxylic acids is 1. The van der Waals surface area contributed by atoms with Crippen LogP contribution in [0.25, 0.3) is 0 Å². The van der Waals surface area contributed by atoms with E-state index in [9.17, 15) is 19.1 Å². The molecule has 0 saturated heterocycles. The minimum Gasteiger partial charge on any atom is -0.481 e. The number of anilines is 1. The van der Waals surface area contributed by atoms with Crippen LogP contribution in [0.4, 0.5) is 10.1 Å². The molecule has 1 fully saturated rings. The molecule has 0 unspecified atom stereocenters. The number of hydrogen-bond acceptors (Lipinski definition) is 2. The third kappa shape index (κ3) is 2.33. The van der Waals surface area contributed by atoms with Crippen LogP contribution in [0.2, 0.25) is 0 Å². The lowest BCUT2D eigenvalue weighted by Crippen LogP contribution is -2.36. The molecule has 2 N–H and O–H groups in total. The first-order valence-electron chi connectivity index (χ1n) is 6.95. The molecule has 0 heterocycles. The number of carboxylic acid groups (broad SMARTS) is 1. The lowest BCUT2D eigenvalue weighted by atomic mass is 9.82. The summed E-state index contributed by atoms with van der Waals surface area (Å²) < 4.78 is 13.1. The second-order valence-corrected chi connectivity index (χ2v) is 5.79. The first kappa shape index (κ1) is 13.8. The van der Waals surface area contributed by atoms with Crippen LogP contribution in [-0.4, -0.2) is 17.0 Å². The number of halogens is 1. The van der Waals surface area contributed by atoms with E-state index in [0.29, 0.717) is 11.3 Å². The molecule has 4 atom stereocenters. The third-order valence-corrected chi connectivity index (χ3v) is 4.49. The summed E-state index contributed by atoms with van der Waals surface area (Å²) in [5, 5.41) is 12.1. The van der Waals surface area contributed by atoms with Gasteiger partial charge in [-0.1, -0.05) is 12.2 Å². The van der Waals surface area contributed by atoms with Gasteiger partial charge in [-0.15, -0.1) is 0 Å². The van der Waals surface area contributed by atoms with E-state index in [2.05, 4.69) is 5.32 Å². The summed E-state index contributed by atoms with van der Waals surface area (Å²) in [5.74, 6) is -2.88. The van der Waals surface area contributed by atoms with Gasteiger partial charge in [-0.05, 0) is 48.9 Å². The normalized spacial score (nSPS) is 29.6. The Kier molecular flexibility index (Phi) is 3.27. The molecule has 4 nitrogen and oxygen atoms in total. The van der Waals surface area contributed by atoms with Crippen molar-refractivity contribution in [3.8, 4) is 0 Å². The molecule has 2 bridgehead atoms. The van der Waals surface area contributed by atoms with Gasteiger partial charge in [0.05, 0.1) is 11.8 Å². The van der Waals surface area contributed by atoms with Crippen LogP contribution in [0.5, 0.6) is 0 Å². The number of nitrogens with one attached hydrogen (secondary N) is 1. The molecule has 0 aromatic heterocycles. The molecular formula is C16H16FNO3. The SMILES string of the molecule is Cc1cc(F)ccc1NC(=O)[C@@H]1[C@@H](C(=O)O)[C@H]2C=C[C@H]1C2. The molecule has 1 saturated carbocycles. The fourth-order valence-electron chi connectivity index (χ4n) is 3.50. The van der Waals surface area contributed by atoms with Gasteiger partial charge in [0.1, 0.15) is 5.82 Å². The van der Waals surface area contributed by atoms with Crippen molar-refractivity contribution < 1.29 is 19.1 Å².